The van der Waals surface area contributed by atoms with E-state index in [2.05, 4.69) is 34.1 Å². The summed E-state index contributed by atoms with van der Waals surface area (Å²) >= 11 is 0. The number of rotatable bonds is 4. The summed E-state index contributed by atoms with van der Waals surface area (Å²) in [4.78, 5) is 16.8. The van der Waals surface area contributed by atoms with E-state index >= 15 is 0 Å². The van der Waals surface area contributed by atoms with Gasteiger partial charge in [-0.1, -0.05) is 30.3 Å². The zero-order valence-electron chi connectivity index (χ0n) is 13.6. The molecule has 1 saturated heterocycles. The fraction of sp³-hybridized carbons (Fsp3) is 0.316. The van der Waals surface area contributed by atoms with Crippen molar-refractivity contribution in [3.8, 4) is 0 Å². The van der Waals surface area contributed by atoms with Crippen molar-refractivity contribution in [2.45, 2.75) is 6.54 Å². The fourth-order valence-corrected chi connectivity index (χ4v) is 3.34. The van der Waals surface area contributed by atoms with Gasteiger partial charge in [0, 0.05) is 45.0 Å². The van der Waals surface area contributed by atoms with E-state index in [4.69, 9.17) is 4.42 Å². The molecule has 1 aromatic heterocycles. The quantitative estimate of drug-likeness (QED) is 0.739. The van der Waals surface area contributed by atoms with Crippen LogP contribution in [-0.2, 0) is 6.54 Å². The molecule has 3 aromatic rings. The molecule has 0 bridgehead atoms. The van der Waals surface area contributed by atoms with Crippen LogP contribution >= 0.6 is 0 Å². The molecule has 4 rings (SSSR count). The number of oxazole rings is 1. The number of benzene rings is 2. The summed E-state index contributed by atoms with van der Waals surface area (Å²) < 4.78 is 7.03. The van der Waals surface area contributed by atoms with Crippen LogP contribution in [0, 0.1) is 0 Å². The van der Waals surface area contributed by atoms with Crippen molar-refractivity contribution in [2.75, 3.05) is 37.6 Å². The minimum Gasteiger partial charge on any atom is -0.408 e. The van der Waals surface area contributed by atoms with Gasteiger partial charge < -0.3 is 9.32 Å². The van der Waals surface area contributed by atoms with Gasteiger partial charge in [-0.25, -0.2) is 4.79 Å². The average molecular weight is 323 g/mol. The van der Waals surface area contributed by atoms with Crippen molar-refractivity contribution < 1.29 is 4.42 Å². The standard InChI is InChI=1S/C19H21N3O2/c23-19-22(17-8-4-5-9-18(17)24-19)15-12-20-10-13-21(14-11-20)16-6-2-1-3-7-16/h1-9H,10-15H2. The molecule has 1 aliphatic rings. The molecule has 2 aromatic carbocycles. The molecule has 1 aliphatic heterocycles. The van der Waals surface area contributed by atoms with E-state index in [0.29, 0.717) is 12.1 Å². The second-order valence-electron chi connectivity index (χ2n) is 6.15. The highest BCUT2D eigenvalue weighted by Gasteiger charge is 2.17. The number of aromatic nitrogens is 1. The van der Waals surface area contributed by atoms with Crippen LogP contribution in [0.5, 0.6) is 0 Å². The smallest absolute Gasteiger partial charge is 0.408 e. The van der Waals surface area contributed by atoms with E-state index in [0.717, 1.165) is 38.2 Å². The summed E-state index contributed by atoms with van der Waals surface area (Å²) in [5, 5.41) is 0. The summed E-state index contributed by atoms with van der Waals surface area (Å²) in [6.45, 7) is 5.60. The minimum absolute atomic E-state index is 0.265. The van der Waals surface area contributed by atoms with E-state index < -0.39 is 0 Å². The number of hydrogen-bond donors (Lipinski definition) is 0. The first-order valence-electron chi connectivity index (χ1n) is 8.42. The Bertz CT molecular complexity index is 861. The Morgan fingerprint density at radius 2 is 1.54 bits per heavy atom. The number of anilines is 1. The molecular weight excluding hydrogens is 302 g/mol. The van der Waals surface area contributed by atoms with E-state index in [-0.39, 0.29) is 5.76 Å². The zero-order chi connectivity index (χ0) is 16.4. The van der Waals surface area contributed by atoms with Crippen LogP contribution in [0.1, 0.15) is 0 Å². The molecule has 124 valence electrons. The zero-order valence-corrected chi connectivity index (χ0v) is 13.6. The molecule has 0 aliphatic carbocycles. The maximum absolute atomic E-state index is 12.0. The SMILES string of the molecule is O=c1oc2ccccc2n1CCN1CCN(c2ccccc2)CC1. The van der Waals surface area contributed by atoms with Gasteiger partial charge >= 0.3 is 5.76 Å². The lowest BCUT2D eigenvalue weighted by Crippen LogP contribution is -2.47. The van der Waals surface area contributed by atoms with Gasteiger partial charge in [0.2, 0.25) is 0 Å². The lowest BCUT2D eigenvalue weighted by atomic mass is 10.2. The Kier molecular flexibility index (Phi) is 4.09. The summed E-state index contributed by atoms with van der Waals surface area (Å²) in [7, 11) is 0. The summed E-state index contributed by atoms with van der Waals surface area (Å²) in [5.74, 6) is -0.265. The Morgan fingerprint density at radius 1 is 0.833 bits per heavy atom. The average Bonchev–Trinajstić information content (AvgIpc) is 2.96. The monoisotopic (exact) mass is 323 g/mol. The highest BCUT2D eigenvalue weighted by atomic mass is 16.4. The predicted octanol–water partition coefficient (Wildman–Crippen LogP) is 2.42. The first-order valence-corrected chi connectivity index (χ1v) is 8.42. The minimum atomic E-state index is -0.265. The first-order chi connectivity index (χ1) is 11.8. The Hall–Kier alpha value is -2.53. The lowest BCUT2D eigenvalue weighted by Gasteiger charge is -2.36. The van der Waals surface area contributed by atoms with Crippen LogP contribution in [0.4, 0.5) is 5.69 Å². The van der Waals surface area contributed by atoms with Crippen LogP contribution in [-0.4, -0.2) is 42.2 Å². The number of piperazine rings is 1. The summed E-state index contributed by atoms with van der Waals surface area (Å²) in [6, 6.07) is 18.1. The van der Waals surface area contributed by atoms with Crippen LogP contribution in [0.2, 0.25) is 0 Å². The van der Waals surface area contributed by atoms with Crippen molar-refractivity contribution in [2.24, 2.45) is 0 Å². The summed E-state index contributed by atoms with van der Waals surface area (Å²) in [6.07, 6.45) is 0. The fourth-order valence-electron chi connectivity index (χ4n) is 3.34. The molecule has 5 nitrogen and oxygen atoms in total. The van der Waals surface area contributed by atoms with E-state index in [1.54, 1.807) is 4.57 Å². The molecule has 0 N–H and O–H groups in total. The lowest BCUT2D eigenvalue weighted by molar-refractivity contribution is 0.246. The van der Waals surface area contributed by atoms with Gasteiger partial charge in [0.05, 0.1) is 5.52 Å². The van der Waals surface area contributed by atoms with Crippen LogP contribution in [0.25, 0.3) is 11.1 Å². The molecule has 0 atom stereocenters. The van der Waals surface area contributed by atoms with Gasteiger partial charge in [0.25, 0.3) is 0 Å². The predicted molar refractivity (Wildman–Crippen MR) is 95.6 cm³/mol. The van der Waals surface area contributed by atoms with E-state index in [1.807, 2.05) is 30.3 Å². The molecule has 2 heterocycles. The molecule has 0 spiro atoms. The van der Waals surface area contributed by atoms with Crippen molar-refractivity contribution >= 4 is 16.8 Å². The molecule has 0 unspecified atom stereocenters. The largest absolute Gasteiger partial charge is 0.419 e. The maximum Gasteiger partial charge on any atom is 0.419 e. The molecule has 5 heteroatoms. The third-order valence-corrected chi connectivity index (χ3v) is 4.71. The topological polar surface area (TPSA) is 41.6 Å². The molecule has 24 heavy (non-hydrogen) atoms. The summed E-state index contributed by atoms with van der Waals surface area (Å²) in [5.41, 5.74) is 2.83. The van der Waals surface area contributed by atoms with Gasteiger partial charge in [-0.15, -0.1) is 0 Å². The number of fused-ring (bicyclic) bond motifs is 1. The molecule has 1 fully saturated rings. The van der Waals surface area contributed by atoms with Crippen LogP contribution in [0.3, 0.4) is 0 Å². The van der Waals surface area contributed by atoms with Gasteiger partial charge in [-0.05, 0) is 24.3 Å². The molecule has 0 radical (unpaired) electrons. The highest BCUT2D eigenvalue weighted by Crippen LogP contribution is 2.16. The second-order valence-corrected chi connectivity index (χ2v) is 6.15. The van der Waals surface area contributed by atoms with Gasteiger partial charge in [-0.2, -0.15) is 0 Å². The van der Waals surface area contributed by atoms with Crippen LogP contribution in [0.15, 0.2) is 63.8 Å². The second kappa shape index (κ2) is 6.53. The Balaban J connectivity index is 1.37. The molecular formula is C19H21N3O2. The van der Waals surface area contributed by atoms with Gasteiger partial charge in [0.15, 0.2) is 5.58 Å². The van der Waals surface area contributed by atoms with Crippen molar-refractivity contribution in [1.82, 2.24) is 9.47 Å². The van der Waals surface area contributed by atoms with Crippen molar-refractivity contribution in [1.29, 1.82) is 0 Å². The number of hydrogen-bond acceptors (Lipinski definition) is 4. The van der Waals surface area contributed by atoms with Crippen molar-refractivity contribution in [3.05, 3.63) is 65.1 Å². The van der Waals surface area contributed by atoms with Gasteiger partial charge in [0.1, 0.15) is 0 Å². The van der Waals surface area contributed by atoms with Crippen molar-refractivity contribution in [3.63, 3.8) is 0 Å². The normalized spacial score (nSPS) is 15.9. The number of para-hydroxylation sites is 3. The third-order valence-electron chi connectivity index (χ3n) is 4.71. The Morgan fingerprint density at radius 3 is 2.33 bits per heavy atom. The third kappa shape index (κ3) is 2.95. The highest BCUT2D eigenvalue weighted by molar-refractivity contribution is 5.72. The maximum atomic E-state index is 12.0. The molecule has 0 amide bonds. The van der Waals surface area contributed by atoms with E-state index in [9.17, 15) is 4.79 Å². The first kappa shape index (κ1) is 15.0. The molecule has 0 saturated carbocycles. The Labute approximate surface area is 140 Å². The van der Waals surface area contributed by atoms with E-state index in [1.165, 1.54) is 5.69 Å². The van der Waals surface area contributed by atoms with Crippen LogP contribution < -0.4 is 10.7 Å². The number of nitrogens with zero attached hydrogens (tertiary/aromatic N) is 3. The van der Waals surface area contributed by atoms with Gasteiger partial charge in [-0.3, -0.25) is 9.47 Å².